The van der Waals surface area contributed by atoms with Crippen LogP contribution in [0.4, 0.5) is 22.7 Å². The van der Waals surface area contributed by atoms with E-state index in [-0.39, 0.29) is 37.1 Å². The summed E-state index contributed by atoms with van der Waals surface area (Å²) in [4.78, 5) is 40.6. The summed E-state index contributed by atoms with van der Waals surface area (Å²) in [6.07, 6.45) is 2.49. The molecule has 0 bridgehead atoms. The van der Waals surface area contributed by atoms with E-state index in [2.05, 4.69) is 15.5 Å². The van der Waals surface area contributed by atoms with Crippen LogP contribution in [0.25, 0.3) is 0 Å². The van der Waals surface area contributed by atoms with Crippen LogP contribution < -0.4 is 20.4 Å². The zero-order valence-corrected chi connectivity index (χ0v) is 16.2. The molecule has 0 aliphatic carbocycles. The number of amides is 3. The van der Waals surface area contributed by atoms with Gasteiger partial charge in [0.15, 0.2) is 0 Å². The third-order valence-electron chi connectivity index (χ3n) is 5.24. The van der Waals surface area contributed by atoms with Gasteiger partial charge in [-0.05, 0) is 43.2 Å². The van der Waals surface area contributed by atoms with Gasteiger partial charge in [0.2, 0.25) is 17.7 Å². The molecule has 2 aromatic carbocycles. The summed E-state index contributed by atoms with van der Waals surface area (Å²) < 4.78 is 0. The summed E-state index contributed by atoms with van der Waals surface area (Å²) in [5.74, 6) is -0.694. The molecule has 2 N–H and O–H groups in total. The van der Waals surface area contributed by atoms with Gasteiger partial charge in [0.25, 0.3) is 0 Å². The van der Waals surface area contributed by atoms with Crippen molar-refractivity contribution in [1.82, 2.24) is 0 Å². The summed E-state index contributed by atoms with van der Waals surface area (Å²) in [5, 5.41) is 5.63. The average molecular weight is 392 g/mol. The van der Waals surface area contributed by atoms with Crippen LogP contribution in [0.2, 0.25) is 0 Å². The zero-order valence-electron chi connectivity index (χ0n) is 16.2. The predicted molar refractivity (Wildman–Crippen MR) is 113 cm³/mol. The second-order valence-electron chi connectivity index (χ2n) is 7.34. The Labute approximate surface area is 169 Å². The summed E-state index contributed by atoms with van der Waals surface area (Å²) in [5.41, 5.74) is 3.11. The van der Waals surface area contributed by atoms with Gasteiger partial charge in [-0.1, -0.05) is 18.2 Å². The number of anilines is 4. The molecule has 1 fully saturated rings. The lowest BCUT2D eigenvalue weighted by atomic mass is 10.1. The van der Waals surface area contributed by atoms with Crippen LogP contribution in [-0.2, 0) is 14.4 Å². The first-order valence-corrected chi connectivity index (χ1v) is 9.94. The monoisotopic (exact) mass is 392 g/mol. The van der Waals surface area contributed by atoms with Crippen molar-refractivity contribution in [3.63, 3.8) is 0 Å². The largest absolute Gasteiger partial charge is 0.371 e. The standard InChI is InChI=1S/C22H24N4O3/c27-20(23-16-6-5-7-17(14-16)25-12-3-4-13-25)10-11-22(29)26-15-21(28)24-18-8-1-2-9-19(18)26/h1-2,5-9,14H,3-4,10-13,15H2,(H,23,27)(H,24,28). The topological polar surface area (TPSA) is 81.8 Å². The molecule has 150 valence electrons. The van der Waals surface area contributed by atoms with E-state index in [0.29, 0.717) is 11.4 Å². The molecule has 0 aromatic heterocycles. The van der Waals surface area contributed by atoms with E-state index < -0.39 is 0 Å². The number of carbonyl (C=O) groups is 3. The molecular weight excluding hydrogens is 368 g/mol. The molecule has 2 aliphatic heterocycles. The van der Waals surface area contributed by atoms with Crippen LogP contribution in [0.5, 0.6) is 0 Å². The van der Waals surface area contributed by atoms with Gasteiger partial charge in [-0.3, -0.25) is 14.4 Å². The first-order valence-electron chi connectivity index (χ1n) is 9.94. The lowest BCUT2D eigenvalue weighted by Crippen LogP contribution is -2.42. The third-order valence-corrected chi connectivity index (χ3v) is 5.24. The van der Waals surface area contributed by atoms with Gasteiger partial charge in [-0.2, -0.15) is 0 Å². The third kappa shape index (κ3) is 4.39. The normalized spacial score (nSPS) is 15.7. The van der Waals surface area contributed by atoms with Crippen LogP contribution in [0.1, 0.15) is 25.7 Å². The lowest BCUT2D eigenvalue weighted by Gasteiger charge is -2.29. The molecular formula is C22H24N4O3. The number of nitrogens with zero attached hydrogens (tertiary/aromatic N) is 2. The van der Waals surface area contributed by atoms with Gasteiger partial charge in [0, 0.05) is 37.3 Å². The molecule has 0 saturated carbocycles. The molecule has 4 rings (SSSR count). The van der Waals surface area contributed by atoms with Crippen molar-refractivity contribution in [2.24, 2.45) is 0 Å². The number of nitrogens with one attached hydrogen (secondary N) is 2. The number of rotatable bonds is 5. The van der Waals surface area contributed by atoms with E-state index >= 15 is 0 Å². The second kappa shape index (κ2) is 8.34. The fourth-order valence-corrected chi connectivity index (χ4v) is 3.79. The number of fused-ring (bicyclic) bond motifs is 1. The van der Waals surface area contributed by atoms with Crippen LogP contribution in [0.15, 0.2) is 48.5 Å². The van der Waals surface area contributed by atoms with E-state index in [1.54, 1.807) is 18.2 Å². The highest BCUT2D eigenvalue weighted by Gasteiger charge is 2.26. The van der Waals surface area contributed by atoms with Crippen molar-refractivity contribution in [3.05, 3.63) is 48.5 Å². The first kappa shape index (κ1) is 19.0. The van der Waals surface area contributed by atoms with Gasteiger partial charge in [0.05, 0.1) is 11.4 Å². The van der Waals surface area contributed by atoms with Crippen molar-refractivity contribution in [1.29, 1.82) is 0 Å². The summed E-state index contributed by atoms with van der Waals surface area (Å²) in [7, 11) is 0. The Morgan fingerprint density at radius 1 is 1.00 bits per heavy atom. The minimum atomic E-state index is -0.242. The average Bonchev–Trinajstić information content (AvgIpc) is 3.26. The van der Waals surface area contributed by atoms with E-state index in [0.717, 1.165) is 24.5 Å². The number of benzene rings is 2. The Hall–Kier alpha value is -3.35. The van der Waals surface area contributed by atoms with E-state index in [9.17, 15) is 14.4 Å². The first-order chi connectivity index (χ1) is 14.1. The van der Waals surface area contributed by atoms with Crippen molar-refractivity contribution in [3.8, 4) is 0 Å². The molecule has 2 aromatic rings. The number of hydrogen-bond acceptors (Lipinski definition) is 4. The fourth-order valence-electron chi connectivity index (χ4n) is 3.79. The van der Waals surface area contributed by atoms with E-state index in [1.165, 1.54) is 17.7 Å². The molecule has 0 atom stereocenters. The molecule has 2 aliphatic rings. The number of hydrogen-bond donors (Lipinski definition) is 2. The van der Waals surface area contributed by atoms with Crippen LogP contribution in [0.3, 0.4) is 0 Å². The molecule has 29 heavy (non-hydrogen) atoms. The molecule has 0 unspecified atom stereocenters. The van der Waals surface area contributed by atoms with Crippen LogP contribution in [0, 0.1) is 0 Å². The Bertz CT molecular complexity index is 937. The van der Waals surface area contributed by atoms with Gasteiger partial charge < -0.3 is 20.4 Å². The molecule has 0 spiro atoms. The maximum absolute atomic E-state index is 12.7. The quantitative estimate of drug-likeness (QED) is 0.820. The smallest absolute Gasteiger partial charge is 0.244 e. The lowest BCUT2D eigenvalue weighted by molar-refractivity contribution is -0.124. The highest BCUT2D eigenvalue weighted by molar-refractivity contribution is 6.10. The fraction of sp³-hybridized carbons (Fsp3) is 0.318. The maximum Gasteiger partial charge on any atom is 0.244 e. The Kier molecular flexibility index (Phi) is 5.46. The maximum atomic E-state index is 12.7. The number of carbonyl (C=O) groups excluding carboxylic acids is 3. The Balaban J connectivity index is 1.35. The molecule has 2 heterocycles. The molecule has 0 radical (unpaired) electrons. The minimum Gasteiger partial charge on any atom is -0.371 e. The highest BCUT2D eigenvalue weighted by atomic mass is 16.2. The number of para-hydroxylation sites is 2. The molecule has 1 saturated heterocycles. The molecule has 7 heteroatoms. The SMILES string of the molecule is O=C(CCC(=O)N1CC(=O)Nc2ccccc21)Nc1cccc(N2CCCC2)c1. The Morgan fingerprint density at radius 2 is 1.79 bits per heavy atom. The predicted octanol–water partition coefficient (Wildman–Crippen LogP) is 2.99. The van der Waals surface area contributed by atoms with Crippen molar-refractivity contribution >= 4 is 40.5 Å². The highest BCUT2D eigenvalue weighted by Crippen LogP contribution is 2.29. The van der Waals surface area contributed by atoms with Crippen molar-refractivity contribution in [2.75, 3.05) is 40.1 Å². The minimum absolute atomic E-state index is 0.0324. The summed E-state index contributed by atoms with van der Waals surface area (Å²) in [6, 6.07) is 15.0. The summed E-state index contributed by atoms with van der Waals surface area (Å²) in [6.45, 7) is 2.04. The second-order valence-corrected chi connectivity index (χ2v) is 7.34. The van der Waals surface area contributed by atoms with Crippen LogP contribution >= 0.6 is 0 Å². The van der Waals surface area contributed by atoms with Gasteiger partial charge in [-0.25, -0.2) is 0 Å². The van der Waals surface area contributed by atoms with Gasteiger partial charge >= 0.3 is 0 Å². The zero-order chi connectivity index (χ0) is 20.2. The molecule has 3 amide bonds. The van der Waals surface area contributed by atoms with E-state index in [4.69, 9.17) is 0 Å². The van der Waals surface area contributed by atoms with Crippen molar-refractivity contribution < 1.29 is 14.4 Å². The van der Waals surface area contributed by atoms with E-state index in [1.807, 2.05) is 30.3 Å². The van der Waals surface area contributed by atoms with Gasteiger partial charge in [0.1, 0.15) is 6.54 Å². The van der Waals surface area contributed by atoms with Gasteiger partial charge in [-0.15, -0.1) is 0 Å². The molecule has 7 nitrogen and oxygen atoms in total. The van der Waals surface area contributed by atoms with Crippen molar-refractivity contribution in [2.45, 2.75) is 25.7 Å². The summed E-state index contributed by atoms with van der Waals surface area (Å²) >= 11 is 0. The van der Waals surface area contributed by atoms with Crippen LogP contribution in [-0.4, -0.2) is 37.4 Å². The Morgan fingerprint density at radius 3 is 2.62 bits per heavy atom.